The summed E-state index contributed by atoms with van der Waals surface area (Å²) in [7, 11) is 0. The van der Waals surface area contributed by atoms with Crippen LogP contribution in [0.25, 0.3) is 0 Å². The molecule has 1 fully saturated rings. The van der Waals surface area contributed by atoms with Crippen molar-refractivity contribution in [2.75, 3.05) is 6.54 Å². The number of hydrogen-bond acceptors (Lipinski definition) is 1. The number of benzene rings is 1. The first-order valence-corrected chi connectivity index (χ1v) is 7.70. The monoisotopic (exact) mass is 313 g/mol. The van der Waals surface area contributed by atoms with Gasteiger partial charge in [0.1, 0.15) is 5.82 Å². The van der Waals surface area contributed by atoms with Crippen molar-refractivity contribution in [3.05, 3.63) is 34.1 Å². The van der Waals surface area contributed by atoms with Crippen molar-refractivity contribution < 1.29 is 4.39 Å². The van der Waals surface area contributed by atoms with E-state index in [2.05, 4.69) is 28.2 Å². The molecule has 0 bridgehead atoms. The quantitative estimate of drug-likeness (QED) is 0.821. The van der Waals surface area contributed by atoms with Gasteiger partial charge in [-0.15, -0.1) is 0 Å². The SMILES string of the molecule is CCCNC(c1cc(Br)ccc1F)C1CCCC1. The van der Waals surface area contributed by atoms with Gasteiger partial charge in [-0.1, -0.05) is 35.7 Å². The Balaban J connectivity index is 2.23. The van der Waals surface area contributed by atoms with Crippen LogP contribution in [0.2, 0.25) is 0 Å². The predicted octanol–water partition coefficient (Wildman–Crippen LogP) is 4.82. The van der Waals surface area contributed by atoms with Crippen LogP contribution in [0.15, 0.2) is 22.7 Å². The number of rotatable bonds is 5. The second-order valence-electron chi connectivity index (χ2n) is 5.14. The van der Waals surface area contributed by atoms with Crippen LogP contribution in [0, 0.1) is 11.7 Å². The fourth-order valence-corrected chi connectivity index (χ4v) is 3.25. The molecule has 0 spiro atoms. The number of hydrogen-bond donors (Lipinski definition) is 1. The van der Waals surface area contributed by atoms with Crippen LogP contribution in [0.1, 0.15) is 50.6 Å². The average molecular weight is 314 g/mol. The van der Waals surface area contributed by atoms with E-state index < -0.39 is 0 Å². The van der Waals surface area contributed by atoms with Gasteiger partial charge in [0.05, 0.1) is 0 Å². The topological polar surface area (TPSA) is 12.0 Å². The Kier molecular flexibility index (Phi) is 5.19. The lowest BCUT2D eigenvalue weighted by Gasteiger charge is -2.25. The van der Waals surface area contributed by atoms with Crippen molar-refractivity contribution in [1.29, 1.82) is 0 Å². The van der Waals surface area contributed by atoms with E-state index in [4.69, 9.17) is 0 Å². The van der Waals surface area contributed by atoms with Crippen molar-refractivity contribution in [3.8, 4) is 0 Å². The van der Waals surface area contributed by atoms with Gasteiger partial charge in [-0.05, 0) is 49.9 Å². The molecule has 1 saturated carbocycles. The third kappa shape index (κ3) is 3.33. The Morgan fingerprint density at radius 3 is 2.78 bits per heavy atom. The minimum Gasteiger partial charge on any atom is -0.310 e. The summed E-state index contributed by atoms with van der Waals surface area (Å²) in [6, 6.07) is 5.44. The third-order valence-corrected chi connectivity index (χ3v) is 4.27. The maximum Gasteiger partial charge on any atom is 0.128 e. The van der Waals surface area contributed by atoms with E-state index >= 15 is 0 Å². The summed E-state index contributed by atoms with van der Waals surface area (Å²) in [5.74, 6) is 0.499. The predicted molar refractivity (Wildman–Crippen MR) is 77.1 cm³/mol. The van der Waals surface area contributed by atoms with Crippen molar-refractivity contribution in [2.24, 2.45) is 5.92 Å². The van der Waals surface area contributed by atoms with Crippen molar-refractivity contribution >= 4 is 15.9 Å². The standard InChI is InChI=1S/C15H21BrFN/c1-2-9-18-15(11-5-3-4-6-11)13-10-12(16)7-8-14(13)17/h7-8,10-11,15,18H,2-6,9H2,1H3. The van der Waals surface area contributed by atoms with Crippen molar-refractivity contribution in [3.63, 3.8) is 0 Å². The van der Waals surface area contributed by atoms with E-state index in [0.717, 1.165) is 23.0 Å². The summed E-state index contributed by atoms with van der Waals surface area (Å²) in [4.78, 5) is 0. The molecule has 1 aliphatic carbocycles. The van der Waals surface area contributed by atoms with Crippen molar-refractivity contribution in [2.45, 2.75) is 45.1 Å². The first-order chi connectivity index (χ1) is 8.72. The van der Waals surface area contributed by atoms with E-state index in [0.29, 0.717) is 5.92 Å². The average Bonchev–Trinajstić information content (AvgIpc) is 2.88. The maximum atomic E-state index is 14.0. The van der Waals surface area contributed by atoms with Crippen LogP contribution in [0.4, 0.5) is 4.39 Å². The molecule has 100 valence electrons. The molecule has 1 aliphatic rings. The first-order valence-electron chi connectivity index (χ1n) is 6.90. The Labute approximate surface area is 117 Å². The fourth-order valence-electron chi connectivity index (χ4n) is 2.87. The zero-order chi connectivity index (χ0) is 13.0. The Bertz CT molecular complexity index is 388. The van der Waals surface area contributed by atoms with Gasteiger partial charge >= 0.3 is 0 Å². The molecule has 0 aromatic heterocycles. The van der Waals surface area contributed by atoms with Gasteiger partial charge in [-0.2, -0.15) is 0 Å². The molecular formula is C15H21BrFN. The molecule has 0 heterocycles. The molecule has 2 rings (SSSR count). The number of halogens is 2. The summed E-state index contributed by atoms with van der Waals surface area (Å²) in [5.41, 5.74) is 0.824. The second kappa shape index (κ2) is 6.67. The van der Waals surface area contributed by atoms with Crippen molar-refractivity contribution in [1.82, 2.24) is 5.32 Å². The zero-order valence-corrected chi connectivity index (χ0v) is 12.5. The summed E-state index contributed by atoms with van der Waals surface area (Å²) in [6.07, 6.45) is 6.08. The molecule has 1 nitrogen and oxygen atoms in total. The normalized spacial score (nSPS) is 18.2. The van der Waals surface area contributed by atoms with E-state index in [9.17, 15) is 4.39 Å². The summed E-state index contributed by atoms with van der Waals surface area (Å²) in [5, 5.41) is 3.53. The Hall–Kier alpha value is -0.410. The fraction of sp³-hybridized carbons (Fsp3) is 0.600. The van der Waals surface area contributed by atoms with Crippen LogP contribution in [0.3, 0.4) is 0 Å². The summed E-state index contributed by atoms with van der Waals surface area (Å²) >= 11 is 3.45. The molecule has 18 heavy (non-hydrogen) atoms. The van der Waals surface area contributed by atoms with Crippen LogP contribution in [-0.4, -0.2) is 6.54 Å². The van der Waals surface area contributed by atoms with E-state index in [1.54, 1.807) is 12.1 Å². The smallest absolute Gasteiger partial charge is 0.128 e. The van der Waals surface area contributed by atoms with Gasteiger partial charge < -0.3 is 5.32 Å². The van der Waals surface area contributed by atoms with Gasteiger partial charge in [0.15, 0.2) is 0 Å². The van der Waals surface area contributed by atoms with Gasteiger partial charge in [0.25, 0.3) is 0 Å². The highest BCUT2D eigenvalue weighted by Gasteiger charge is 2.27. The maximum absolute atomic E-state index is 14.0. The Morgan fingerprint density at radius 1 is 1.39 bits per heavy atom. The Morgan fingerprint density at radius 2 is 2.11 bits per heavy atom. The summed E-state index contributed by atoms with van der Waals surface area (Å²) in [6.45, 7) is 3.10. The molecule has 1 N–H and O–H groups in total. The van der Waals surface area contributed by atoms with Gasteiger partial charge in [-0.3, -0.25) is 0 Å². The molecule has 1 aromatic carbocycles. The lowest BCUT2D eigenvalue weighted by Crippen LogP contribution is -2.28. The van der Waals surface area contributed by atoms with E-state index in [1.165, 1.54) is 25.7 Å². The molecule has 1 unspecified atom stereocenters. The first kappa shape index (κ1) is 14.0. The van der Waals surface area contributed by atoms with E-state index in [-0.39, 0.29) is 11.9 Å². The molecule has 3 heteroatoms. The molecular weight excluding hydrogens is 293 g/mol. The van der Waals surface area contributed by atoms with Gasteiger partial charge in [-0.25, -0.2) is 4.39 Å². The van der Waals surface area contributed by atoms with Crippen LogP contribution >= 0.6 is 15.9 Å². The summed E-state index contributed by atoms with van der Waals surface area (Å²) < 4.78 is 15.0. The molecule has 1 atom stereocenters. The molecule has 0 saturated heterocycles. The highest BCUT2D eigenvalue weighted by atomic mass is 79.9. The number of nitrogens with one attached hydrogen (secondary N) is 1. The van der Waals surface area contributed by atoms with Gasteiger partial charge in [0, 0.05) is 16.1 Å². The highest BCUT2D eigenvalue weighted by molar-refractivity contribution is 9.10. The van der Waals surface area contributed by atoms with Gasteiger partial charge in [0.2, 0.25) is 0 Å². The third-order valence-electron chi connectivity index (χ3n) is 3.78. The molecule has 0 radical (unpaired) electrons. The van der Waals surface area contributed by atoms with E-state index in [1.807, 2.05) is 6.07 Å². The zero-order valence-electron chi connectivity index (χ0n) is 10.9. The second-order valence-corrected chi connectivity index (χ2v) is 6.06. The molecule has 0 aliphatic heterocycles. The highest BCUT2D eigenvalue weighted by Crippen LogP contribution is 2.37. The molecule has 1 aromatic rings. The lowest BCUT2D eigenvalue weighted by molar-refractivity contribution is 0.357. The minimum atomic E-state index is -0.0845. The van der Waals surface area contributed by atoms with Crippen LogP contribution in [0.5, 0.6) is 0 Å². The lowest BCUT2D eigenvalue weighted by atomic mass is 9.91. The van der Waals surface area contributed by atoms with Crippen LogP contribution < -0.4 is 5.32 Å². The van der Waals surface area contributed by atoms with Crippen LogP contribution in [-0.2, 0) is 0 Å². The minimum absolute atomic E-state index is 0.0845. The molecule has 0 amide bonds. The largest absolute Gasteiger partial charge is 0.310 e.